The van der Waals surface area contributed by atoms with E-state index in [1.165, 1.54) is 0 Å². The van der Waals surface area contributed by atoms with E-state index in [-0.39, 0.29) is 12.5 Å². The molecule has 0 spiro atoms. The van der Waals surface area contributed by atoms with Gasteiger partial charge in [-0.3, -0.25) is 14.5 Å². The van der Waals surface area contributed by atoms with E-state index in [2.05, 4.69) is 6.92 Å². The zero-order chi connectivity index (χ0) is 24.2. The number of aromatic nitrogens is 2. The number of anilines is 1. The van der Waals surface area contributed by atoms with Crippen LogP contribution < -0.4 is 14.4 Å². The molecule has 0 radical (unpaired) electrons. The summed E-state index contributed by atoms with van der Waals surface area (Å²) in [6.07, 6.45) is 2.80. The number of benzene rings is 2. The molecule has 0 unspecified atom stereocenters. The maximum Gasteiger partial charge on any atom is 0.321 e. The maximum atomic E-state index is 13.9. The third-order valence-corrected chi connectivity index (χ3v) is 6.23. The largest absolute Gasteiger partial charge is 0.497 e. The summed E-state index contributed by atoms with van der Waals surface area (Å²) in [5.41, 5.74) is 2.24. The lowest BCUT2D eigenvalue weighted by Gasteiger charge is -2.38. The number of imidazole rings is 1. The Bertz CT molecular complexity index is 1190. The van der Waals surface area contributed by atoms with Crippen LogP contribution in [-0.4, -0.2) is 48.8 Å². The highest BCUT2D eigenvalue weighted by molar-refractivity contribution is 6.08. The van der Waals surface area contributed by atoms with Crippen molar-refractivity contribution in [3.05, 3.63) is 48.0 Å². The normalized spacial score (nSPS) is 17.5. The summed E-state index contributed by atoms with van der Waals surface area (Å²) >= 11 is 0. The van der Waals surface area contributed by atoms with Gasteiger partial charge in [0.05, 0.1) is 37.9 Å². The molecule has 1 aliphatic rings. The fraction of sp³-hybridized carbons (Fsp3) is 0.423. The molecule has 8 nitrogen and oxygen atoms in total. The van der Waals surface area contributed by atoms with E-state index in [0.29, 0.717) is 29.6 Å². The second-order valence-corrected chi connectivity index (χ2v) is 8.25. The lowest BCUT2D eigenvalue weighted by Crippen LogP contribution is -2.50. The summed E-state index contributed by atoms with van der Waals surface area (Å²) in [6.45, 7) is 4.51. The zero-order valence-corrected chi connectivity index (χ0v) is 20.1. The van der Waals surface area contributed by atoms with Gasteiger partial charge in [0.2, 0.25) is 11.9 Å². The molecule has 2 aromatic carbocycles. The van der Waals surface area contributed by atoms with Crippen LogP contribution in [0.3, 0.4) is 0 Å². The quantitative estimate of drug-likeness (QED) is 0.265. The number of para-hydroxylation sites is 2. The predicted octanol–water partition coefficient (Wildman–Crippen LogP) is 4.36. The first-order valence-corrected chi connectivity index (χ1v) is 11.7. The van der Waals surface area contributed by atoms with Crippen LogP contribution in [0.25, 0.3) is 11.0 Å². The highest BCUT2D eigenvalue weighted by Crippen LogP contribution is 2.44. The molecule has 0 saturated heterocycles. The smallest absolute Gasteiger partial charge is 0.321 e. The number of fused-ring (bicyclic) bond motifs is 3. The molecule has 1 amide bonds. The number of ether oxygens (including phenoxy) is 3. The molecule has 8 heteroatoms. The third kappa shape index (κ3) is 4.08. The van der Waals surface area contributed by atoms with E-state index in [9.17, 15) is 9.59 Å². The van der Waals surface area contributed by atoms with Crippen LogP contribution in [0.1, 0.15) is 44.7 Å². The van der Waals surface area contributed by atoms with Crippen molar-refractivity contribution in [1.29, 1.82) is 0 Å². The molecule has 2 atom stereocenters. The zero-order valence-electron chi connectivity index (χ0n) is 20.1. The number of esters is 1. The van der Waals surface area contributed by atoms with Crippen LogP contribution in [0, 0.1) is 5.92 Å². The van der Waals surface area contributed by atoms with Crippen LogP contribution in [0.4, 0.5) is 5.95 Å². The van der Waals surface area contributed by atoms with E-state index in [1.807, 2.05) is 34.9 Å². The summed E-state index contributed by atoms with van der Waals surface area (Å²) in [5.74, 6) is -0.290. The number of rotatable bonds is 9. The summed E-state index contributed by atoms with van der Waals surface area (Å²) in [7, 11) is 3.15. The first kappa shape index (κ1) is 23.6. The van der Waals surface area contributed by atoms with Gasteiger partial charge in [-0.25, -0.2) is 4.98 Å². The van der Waals surface area contributed by atoms with Crippen molar-refractivity contribution in [3.63, 3.8) is 0 Å². The number of hydrogen-bond donors (Lipinski definition) is 0. The minimum atomic E-state index is -1.09. The molecule has 180 valence electrons. The Kier molecular flexibility index (Phi) is 7.05. The summed E-state index contributed by atoms with van der Waals surface area (Å²) in [5, 5.41) is 0. The van der Waals surface area contributed by atoms with E-state index in [0.717, 1.165) is 30.3 Å². The molecular formula is C26H31N3O5. The lowest BCUT2D eigenvalue weighted by atomic mass is 9.88. The Balaban J connectivity index is 2.00. The topological polar surface area (TPSA) is 82.9 Å². The number of hydrogen-bond acceptors (Lipinski definition) is 6. The number of carbonyl (C=O) groups is 2. The molecule has 0 saturated carbocycles. The minimum Gasteiger partial charge on any atom is -0.497 e. The molecule has 0 bridgehead atoms. The Morgan fingerprint density at radius 3 is 2.56 bits per heavy atom. The van der Waals surface area contributed by atoms with Crippen molar-refractivity contribution in [2.75, 3.05) is 32.3 Å². The lowest BCUT2D eigenvalue weighted by molar-refractivity contribution is -0.153. The molecule has 0 N–H and O–H groups in total. The van der Waals surface area contributed by atoms with Crippen molar-refractivity contribution < 1.29 is 23.8 Å². The Morgan fingerprint density at radius 1 is 1.06 bits per heavy atom. The van der Waals surface area contributed by atoms with Gasteiger partial charge in [0.25, 0.3) is 0 Å². The van der Waals surface area contributed by atoms with Crippen molar-refractivity contribution in [3.8, 4) is 11.5 Å². The Hall–Kier alpha value is -3.55. The van der Waals surface area contributed by atoms with Crippen molar-refractivity contribution in [2.45, 2.75) is 39.2 Å². The van der Waals surface area contributed by atoms with Gasteiger partial charge >= 0.3 is 5.97 Å². The fourth-order valence-corrected chi connectivity index (χ4v) is 4.63. The van der Waals surface area contributed by atoms with Crippen LogP contribution >= 0.6 is 0 Å². The summed E-state index contributed by atoms with van der Waals surface area (Å²) in [6, 6.07) is 12.4. The number of unbranched alkanes of at least 4 members (excludes halogenated alkanes) is 2. The number of carbonyl (C=O) groups excluding carboxylic acids is 2. The van der Waals surface area contributed by atoms with Crippen LogP contribution in [0.15, 0.2) is 42.5 Å². The fourth-order valence-electron chi connectivity index (χ4n) is 4.63. The van der Waals surface area contributed by atoms with Gasteiger partial charge in [0.1, 0.15) is 11.5 Å². The average molecular weight is 466 g/mol. The van der Waals surface area contributed by atoms with Crippen LogP contribution in [-0.2, 0) is 14.3 Å². The first-order chi connectivity index (χ1) is 16.5. The maximum absolute atomic E-state index is 13.9. The molecule has 0 fully saturated rings. The molecule has 1 aliphatic heterocycles. The molecule has 3 aromatic rings. The van der Waals surface area contributed by atoms with Gasteiger partial charge in [0.15, 0.2) is 5.92 Å². The molecule has 1 aromatic heterocycles. The summed E-state index contributed by atoms with van der Waals surface area (Å²) in [4.78, 5) is 33.7. The van der Waals surface area contributed by atoms with Crippen molar-refractivity contribution in [1.82, 2.24) is 9.55 Å². The van der Waals surface area contributed by atoms with Gasteiger partial charge < -0.3 is 18.8 Å². The van der Waals surface area contributed by atoms with Crippen molar-refractivity contribution >= 4 is 28.9 Å². The highest BCUT2D eigenvalue weighted by Gasteiger charge is 2.48. The van der Waals surface area contributed by atoms with Gasteiger partial charge in [-0.05, 0) is 43.7 Å². The first-order valence-electron chi connectivity index (χ1n) is 11.7. The Morgan fingerprint density at radius 2 is 1.85 bits per heavy atom. The molecular weight excluding hydrogens is 434 g/mol. The Labute approximate surface area is 199 Å². The van der Waals surface area contributed by atoms with E-state index in [4.69, 9.17) is 19.2 Å². The van der Waals surface area contributed by atoms with E-state index in [1.54, 1.807) is 38.2 Å². The molecule has 0 aliphatic carbocycles. The number of amides is 1. The molecule has 2 heterocycles. The second kappa shape index (κ2) is 10.2. The van der Waals surface area contributed by atoms with Gasteiger partial charge in [-0.1, -0.05) is 31.9 Å². The van der Waals surface area contributed by atoms with Gasteiger partial charge in [-0.15, -0.1) is 0 Å². The standard InChI is InChI=1S/C26H31N3O5/c1-5-7-10-15-28-24(30)22(25(31)34-6-2)23(18-16-17(32-3)13-14-21(18)33-4)29-20-12-9-8-11-19(20)27-26(28)29/h8-9,11-14,16,22-23H,5-7,10,15H2,1-4H3/t22-,23-/m1/s1. The number of nitrogens with zero attached hydrogens (tertiary/aromatic N) is 3. The predicted molar refractivity (Wildman–Crippen MR) is 129 cm³/mol. The van der Waals surface area contributed by atoms with Crippen LogP contribution in [0.5, 0.6) is 11.5 Å². The van der Waals surface area contributed by atoms with E-state index >= 15 is 0 Å². The molecule has 4 rings (SSSR count). The van der Waals surface area contributed by atoms with Gasteiger partial charge in [0, 0.05) is 12.1 Å². The molecule has 34 heavy (non-hydrogen) atoms. The highest BCUT2D eigenvalue weighted by atomic mass is 16.5. The second-order valence-electron chi connectivity index (χ2n) is 8.25. The van der Waals surface area contributed by atoms with Crippen molar-refractivity contribution in [2.24, 2.45) is 5.92 Å². The minimum absolute atomic E-state index is 0.179. The van der Waals surface area contributed by atoms with Crippen LogP contribution in [0.2, 0.25) is 0 Å². The van der Waals surface area contributed by atoms with Gasteiger partial charge in [-0.2, -0.15) is 0 Å². The summed E-state index contributed by atoms with van der Waals surface area (Å²) < 4.78 is 18.5. The SMILES string of the molecule is CCCCCN1C(=O)[C@H](C(=O)OCC)[C@@H](c2cc(OC)ccc2OC)n2c1nc1ccccc12. The monoisotopic (exact) mass is 465 g/mol. The average Bonchev–Trinajstić information content (AvgIpc) is 3.23. The van der Waals surface area contributed by atoms with E-state index < -0.39 is 17.9 Å². The number of methoxy groups -OCH3 is 2. The third-order valence-electron chi connectivity index (χ3n) is 6.23.